The van der Waals surface area contributed by atoms with Crippen LogP contribution >= 0.6 is 0 Å². The molecule has 1 aromatic rings. The number of carbonyl (C=O) groups excluding carboxylic acids is 1. The molecule has 0 unspecified atom stereocenters. The average molecular weight is 264 g/mol. The van der Waals surface area contributed by atoms with Gasteiger partial charge in [0.2, 0.25) is 0 Å². The van der Waals surface area contributed by atoms with E-state index in [-0.39, 0.29) is 11.2 Å². The zero-order valence-corrected chi connectivity index (χ0v) is 12.2. The number of rotatable bonds is 5. The van der Waals surface area contributed by atoms with Gasteiger partial charge in [0.15, 0.2) is 11.5 Å². The van der Waals surface area contributed by atoms with Crippen LogP contribution in [-0.2, 0) is 6.54 Å². The maximum absolute atomic E-state index is 12.9. The zero-order valence-electron chi connectivity index (χ0n) is 12.2. The third-order valence-corrected chi connectivity index (χ3v) is 4.18. The predicted molar refractivity (Wildman–Crippen MR) is 74.6 cm³/mol. The molecule has 0 radical (unpaired) electrons. The van der Waals surface area contributed by atoms with Gasteiger partial charge in [-0.3, -0.25) is 9.48 Å². The van der Waals surface area contributed by atoms with E-state index in [9.17, 15) is 4.79 Å². The molecule has 0 aromatic carbocycles. The van der Waals surface area contributed by atoms with Crippen molar-refractivity contribution in [3.05, 3.63) is 11.9 Å². The molecule has 19 heavy (non-hydrogen) atoms. The van der Waals surface area contributed by atoms with Crippen LogP contribution in [0.3, 0.4) is 0 Å². The minimum absolute atomic E-state index is 0.204. The predicted octanol–water partition coefficient (Wildman–Crippen LogP) is 3.45. The van der Waals surface area contributed by atoms with Gasteiger partial charge in [-0.25, -0.2) is 0 Å². The number of methoxy groups -OCH3 is 1. The third-order valence-electron chi connectivity index (χ3n) is 4.18. The first-order valence-corrected chi connectivity index (χ1v) is 7.27. The lowest BCUT2D eigenvalue weighted by Crippen LogP contribution is -2.32. The Kier molecular flexibility index (Phi) is 4.27. The third kappa shape index (κ3) is 2.67. The van der Waals surface area contributed by atoms with Gasteiger partial charge in [-0.2, -0.15) is 5.10 Å². The second-order valence-electron chi connectivity index (χ2n) is 5.74. The normalized spacial score (nSPS) is 18.3. The first kappa shape index (κ1) is 14.1. The van der Waals surface area contributed by atoms with E-state index in [1.807, 2.05) is 0 Å². The molecule has 0 amide bonds. The average Bonchev–Trinajstić information content (AvgIpc) is 2.82. The second kappa shape index (κ2) is 5.76. The molecule has 1 fully saturated rings. The lowest BCUT2D eigenvalue weighted by Gasteiger charge is -2.32. The standard InChI is InChI=1S/C15H24N2O2/c1-4-10-17-13(12(19-3)11-16-17)14(18)15(2)8-6-5-7-9-15/h11H,4-10H2,1-3H3. The van der Waals surface area contributed by atoms with Gasteiger partial charge in [0.25, 0.3) is 0 Å². The van der Waals surface area contributed by atoms with E-state index in [2.05, 4.69) is 18.9 Å². The molecule has 4 nitrogen and oxygen atoms in total. The summed E-state index contributed by atoms with van der Waals surface area (Å²) < 4.78 is 7.13. The van der Waals surface area contributed by atoms with E-state index in [1.165, 1.54) is 6.42 Å². The molecular weight excluding hydrogens is 240 g/mol. The van der Waals surface area contributed by atoms with Crippen LogP contribution < -0.4 is 4.74 Å². The number of aromatic nitrogens is 2. The van der Waals surface area contributed by atoms with Gasteiger partial charge in [0.1, 0.15) is 5.69 Å². The van der Waals surface area contributed by atoms with Gasteiger partial charge in [-0.05, 0) is 19.3 Å². The first-order valence-electron chi connectivity index (χ1n) is 7.27. The van der Waals surface area contributed by atoms with Crippen molar-refractivity contribution in [1.29, 1.82) is 0 Å². The fourth-order valence-electron chi connectivity index (χ4n) is 2.97. The van der Waals surface area contributed by atoms with E-state index < -0.39 is 0 Å². The molecule has 0 spiro atoms. The highest BCUT2D eigenvalue weighted by atomic mass is 16.5. The highest BCUT2D eigenvalue weighted by Gasteiger charge is 2.38. The molecule has 1 aliphatic carbocycles. The van der Waals surface area contributed by atoms with Crippen LogP contribution in [0.25, 0.3) is 0 Å². The molecule has 4 heteroatoms. The number of hydrogen-bond acceptors (Lipinski definition) is 3. The van der Waals surface area contributed by atoms with Crippen LogP contribution in [0.5, 0.6) is 5.75 Å². The largest absolute Gasteiger partial charge is 0.493 e. The molecule has 2 rings (SSSR count). The van der Waals surface area contributed by atoms with E-state index >= 15 is 0 Å². The summed E-state index contributed by atoms with van der Waals surface area (Å²) in [5, 5.41) is 4.29. The van der Waals surface area contributed by atoms with Crippen molar-refractivity contribution in [3.8, 4) is 5.75 Å². The number of ether oxygens (including phenoxy) is 1. The Balaban J connectivity index is 2.33. The van der Waals surface area contributed by atoms with Crippen LogP contribution in [0.15, 0.2) is 6.20 Å². The molecule has 1 aromatic heterocycles. The topological polar surface area (TPSA) is 44.1 Å². The molecule has 0 atom stereocenters. The van der Waals surface area contributed by atoms with Gasteiger partial charge in [-0.1, -0.05) is 33.1 Å². The van der Waals surface area contributed by atoms with Crippen molar-refractivity contribution in [3.63, 3.8) is 0 Å². The number of Topliss-reactive ketones (excluding diaryl/α,β-unsaturated/α-hetero) is 1. The second-order valence-corrected chi connectivity index (χ2v) is 5.74. The van der Waals surface area contributed by atoms with E-state index in [0.29, 0.717) is 11.4 Å². The molecule has 1 aliphatic rings. The van der Waals surface area contributed by atoms with Gasteiger partial charge in [0, 0.05) is 12.0 Å². The van der Waals surface area contributed by atoms with Crippen molar-refractivity contribution in [2.45, 2.75) is 58.9 Å². The van der Waals surface area contributed by atoms with Gasteiger partial charge in [-0.15, -0.1) is 0 Å². The van der Waals surface area contributed by atoms with Crippen LogP contribution in [0.1, 0.15) is 62.9 Å². The number of hydrogen-bond donors (Lipinski definition) is 0. The van der Waals surface area contributed by atoms with Crippen molar-refractivity contribution >= 4 is 5.78 Å². The fourth-order valence-corrected chi connectivity index (χ4v) is 2.97. The summed E-state index contributed by atoms with van der Waals surface area (Å²) in [4.78, 5) is 12.9. The molecule has 1 heterocycles. The Morgan fingerprint density at radius 1 is 1.42 bits per heavy atom. The van der Waals surface area contributed by atoms with Crippen molar-refractivity contribution in [2.24, 2.45) is 5.41 Å². The minimum atomic E-state index is -0.239. The summed E-state index contributed by atoms with van der Waals surface area (Å²) >= 11 is 0. The maximum Gasteiger partial charge on any atom is 0.190 e. The molecule has 0 N–H and O–H groups in total. The summed E-state index contributed by atoms with van der Waals surface area (Å²) in [6, 6.07) is 0. The number of ketones is 1. The summed E-state index contributed by atoms with van der Waals surface area (Å²) in [5.41, 5.74) is 0.422. The van der Waals surface area contributed by atoms with E-state index in [4.69, 9.17) is 4.74 Å². The summed E-state index contributed by atoms with van der Waals surface area (Å²) in [6.07, 6.45) is 8.11. The SMILES string of the molecule is CCCn1ncc(OC)c1C(=O)C1(C)CCCCC1. The zero-order chi connectivity index (χ0) is 13.9. The molecule has 0 aliphatic heterocycles. The Morgan fingerprint density at radius 3 is 2.68 bits per heavy atom. The number of carbonyl (C=O) groups is 1. The minimum Gasteiger partial charge on any atom is -0.493 e. The van der Waals surface area contributed by atoms with Gasteiger partial charge >= 0.3 is 0 Å². The van der Waals surface area contributed by atoms with Crippen LogP contribution in [0, 0.1) is 5.41 Å². The van der Waals surface area contributed by atoms with E-state index in [1.54, 1.807) is 18.0 Å². The smallest absolute Gasteiger partial charge is 0.190 e. The lowest BCUT2D eigenvalue weighted by molar-refractivity contribution is 0.0733. The molecule has 0 saturated heterocycles. The first-order chi connectivity index (χ1) is 9.12. The van der Waals surface area contributed by atoms with Crippen LogP contribution in [-0.4, -0.2) is 22.7 Å². The summed E-state index contributed by atoms with van der Waals surface area (Å²) in [7, 11) is 1.60. The number of nitrogens with zero attached hydrogens (tertiary/aromatic N) is 2. The van der Waals surface area contributed by atoms with Crippen LogP contribution in [0.4, 0.5) is 0 Å². The maximum atomic E-state index is 12.9. The fraction of sp³-hybridized carbons (Fsp3) is 0.733. The highest BCUT2D eigenvalue weighted by Crippen LogP contribution is 2.40. The monoisotopic (exact) mass is 264 g/mol. The number of aryl methyl sites for hydroxylation is 1. The molecule has 0 bridgehead atoms. The highest BCUT2D eigenvalue weighted by molar-refractivity contribution is 6.01. The summed E-state index contributed by atoms with van der Waals surface area (Å²) in [5.74, 6) is 0.820. The Hall–Kier alpha value is -1.32. The van der Waals surface area contributed by atoms with Crippen LogP contribution in [0.2, 0.25) is 0 Å². The van der Waals surface area contributed by atoms with Gasteiger partial charge in [0.05, 0.1) is 13.3 Å². The molecular formula is C15H24N2O2. The lowest BCUT2D eigenvalue weighted by atomic mass is 9.72. The Bertz CT molecular complexity index is 445. The Labute approximate surface area is 115 Å². The quantitative estimate of drug-likeness (QED) is 0.765. The van der Waals surface area contributed by atoms with Crippen molar-refractivity contribution in [2.75, 3.05) is 7.11 Å². The van der Waals surface area contributed by atoms with Crippen molar-refractivity contribution in [1.82, 2.24) is 9.78 Å². The molecule has 106 valence electrons. The summed E-state index contributed by atoms with van der Waals surface area (Å²) in [6.45, 7) is 4.95. The molecule has 1 saturated carbocycles. The van der Waals surface area contributed by atoms with Crippen molar-refractivity contribution < 1.29 is 9.53 Å². The van der Waals surface area contributed by atoms with Gasteiger partial charge < -0.3 is 4.74 Å². The Morgan fingerprint density at radius 2 is 2.11 bits per heavy atom. The van der Waals surface area contributed by atoms with E-state index in [0.717, 1.165) is 38.6 Å².